The minimum absolute atomic E-state index is 0.0396. The van der Waals surface area contributed by atoms with Crippen LogP contribution in [-0.4, -0.2) is 18.1 Å². The van der Waals surface area contributed by atoms with Crippen LogP contribution in [-0.2, 0) is 6.18 Å². The second-order valence-corrected chi connectivity index (χ2v) is 7.87. The van der Waals surface area contributed by atoms with Crippen LogP contribution in [0.2, 0.25) is 0 Å². The monoisotopic (exact) mass is 447 g/mol. The third-order valence-electron chi connectivity index (χ3n) is 5.79. The van der Waals surface area contributed by atoms with Crippen molar-refractivity contribution in [1.29, 1.82) is 10.5 Å². The van der Waals surface area contributed by atoms with Gasteiger partial charge in [0.1, 0.15) is 23.5 Å². The molecule has 3 aromatic rings. The van der Waals surface area contributed by atoms with Gasteiger partial charge in [-0.3, -0.25) is 0 Å². The number of rotatable bonds is 3. The van der Waals surface area contributed by atoms with E-state index in [0.29, 0.717) is 16.8 Å². The number of piperidine rings is 1. The molecule has 0 saturated carbocycles. The van der Waals surface area contributed by atoms with Crippen LogP contribution in [0.3, 0.4) is 0 Å². The smallest absolute Gasteiger partial charge is 0.383 e. The number of hydrogen-bond donors (Lipinski definition) is 1. The molecule has 1 saturated heterocycles. The highest BCUT2D eigenvalue weighted by Gasteiger charge is 2.30. The number of halogens is 3. The molecule has 1 aromatic heterocycles. The fraction of sp³-hybridized carbons (Fsp3) is 0.240. The maximum Gasteiger partial charge on any atom is 0.416 e. The van der Waals surface area contributed by atoms with E-state index in [1.165, 1.54) is 18.6 Å². The Kier molecular flexibility index (Phi) is 5.93. The first-order valence-electron chi connectivity index (χ1n) is 10.5. The van der Waals surface area contributed by atoms with E-state index in [2.05, 4.69) is 16.0 Å². The summed E-state index contributed by atoms with van der Waals surface area (Å²) in [5, 5.41) is 19.7. The summed E-state index contributed by atoms with van der Waals surface area (Å²) in [7, 11) is 0. The number of hydrogen-bond acceptors (Lipinski definition) is 5. The molecule has 2 heterocycles. The van der Waals surface area contributed by atoms with E-state index in [1.54, 1.807) is 6.07 Å². The van der Waals surface area contributed by atoms with Gasteiger partial charge in [-0.15, -0.1) is 0 Å². The highest BCUT2D eigenvalue weighted by molar-refractivity contribution is 5.87. The third-order valence-corrected chi connectivity index (χ3v) is 5.79. The number of anilines is 2. The number of aromatic nitrogens is 1. The van der Waals surface area contributed by atoms with Gasteiger partial charge in [0.2, 0.25) is 0 Å². The topological polar surface area (TPSA) is 89.7 Å². The highest BCUT2D eigenvalue weighted by Crippen LogP contribution is 2.38. The van der Waals surface area contributed by atoms with Crippen molar-refractivity contribution in [3.8, 4) is 34.5 Å². The summed E-state index contributed by atoms with van der Waals surface area (Å²) in [6.45, 7) is 1.88. The van der Waals surface area contributed by atoms with Gasteiger partial charge in [-0.25, -0.2) is 4.98 Å². The summed E-state index contributed by atoms with van der Waals surface area (Å²) in [6, 6.07) is 16.0. The number of nitrogens with zero attached hydrogens (tertiary/aromatic N) is 4. The van der Waals surface area contributed by atoms with E-state index in [9.17, 15) is 23.7 Å². The molecule has 33 heavy (non-hydrogen) atoms. The molecular weight excluding hydrogens is 427 g/mol. The van der Waals surface area contributed by atoms with E-state index in [0.717, 1.165) is 43.8 Å². The van der Waals surface area contributed by atoms with E-state index >= 15 is 0 Å². The van der Waals surface area contributed by atoms with E-state index < -0.39 is 11.7 Å². The van der Waals surface area contributed by atoms with Crippen LogP contribution in [0.15, 0.2) is 48.5 Å². The number of pyridine rings is 1. The summed E-state index contributed by atoms with van der Waals surface area (Å²) in [6.07, 6.45) is -1.09. The van der Waals surface area contributed by atoms with Crippen molar-refractivity contribution in [2.75, 3.05) is 23.7 Å². The maximum atomic E-state index is 13.0. The zero-order valence-electron chi connectivity index (χ0n) is 17.7. The van der Waals surface area contributed by atoms with Crippen LogP contribution >= 0.6 is 0 Å². The van der Waals surface area contributed by atoms with Gasteiger partial charge in [0.05, 0.1) is 16.8 Å². The van der Waals surface area contributed by atoms with E-state index in [-0.39, 0.29) is 22.5 Å². The Hall–Kier alpha value is -4.04. The van der Waals surface area contributed by atoms with E-state index in [4.69, 9.17) is 5.73 Å². The first-order valence-corrected chi connectivity index (χ1v) is 10.5. The molecule has 166 valence electrons. The lowest BCUT2D eigenvalue weighted by molar-refractivity contribution is -0.137. The molecule has 1 aliphatic rings. The summed E-state index contributed by atoms with van der Waals surface area (Å²) in [5.74, 6) is -0.0789. The molecule has 1 fully saturated rings. The second kappa shape index (κ2) is 8.84. The number of nitrogen functional groups attached to an aromatic ring is 1. The molecule has 2 N–H and O–H groups in total. The zero-order chi connectivity index (χ0) is 23.6. The molecule has 0 spiro atoms. The lowest BCUT2D eigenvalue weighted by atomic mass is 9.92. The van der Waals surface area contributed by atoms with Crippen molar-refractivity contribution < 1.29 is 13.2 Å². The third kappa shape index (κ3) is 4.33. The lowest BCUT2D eigenvalue weighted by Crippen LogP contribution is -2.29. The highest BCUT2D eigenvalue weighted by atomic mass is 19.4. The standard InChI is InChI=1S/C25H20F3N5/c26-25(27,28)18-9-7-16(8-10-18)22-20(14-29)23(32-24(31)21(22)15-30)17-5-4-6-19(13-17)33-11-2-1-3-12-33/h4-10,13H,1-3,11-12H2,(H2,31,32). The van der Waals surface area contributed by atoms with Gasteiger partial charge in [0.15, 0.2) is 0 Å². The quantitative estimate of drug-likeness (QED) is 0.552. The van der Waals surface area contributed by atoms with Gasteiger partial charge < -0.3 is 10.6 Å². The van der Waals surface area contributed by atoms with E-state index in [1.807, 2.05) is 24.3 Å². The Morgan fingerprint density at radius 2 is 1.55 bits per heavy atom. The maximum absolute atomic E-state index is 13.0. The van der Waals surface area contributed by atoms with Crippen molar-refractivity contribution in [2.24, 2.45) is 0 Å². The Bertz CT molecular complexity index is 1260. The predicted molar refractivity (Wildman–Crippen MR) is 120 cm³/mol. The van der Waals surface area contributed by atoms with Crippen molar-refractivity contribution in [2.45, 2.75) is 25.4 Å². The van der Waals surface area contributed by atoms with Gasteiger partial charge in [0, 0.05) is 29.9 Å². The minimum Gasteiger partial charge on any atom is -0.383 e. The molecule has 0 unspecified atom stereocenters. The molecule has 1 aliphatic heterocycles. The molecule has 2 aromatic carbocycles. The van der Waals surface area contributed by atoms with Crippen molar-refractivity contribution in [1.82, 2.24) is 4.98 Å². The molecule has 0 atom stereocenters. The van der Waals surface area contributed by atoms with Crippen LogP contribution in [0.5, 0.6) is 0 Å². The Balaban J connectivity index is 1.88. The van der Waals surface area contributed by atoms with Crippen LogP contribution < -0.4 is 10.6 Å². The van der Waals surface area contributed by atoms with Crippen LogP contribution in [0.4, 0.5) is 24.7 Å². The molecule has 5 nitrogen and oxygen atoms in total. The number of alkyl halides is 3. The number of benzene rings is 2. The first kappa shape index (κ1) is 22.2. The largest absolute Gasteiger partial charge is 0.416 e. The first-order chi connectivity index (χ1) is 15.8. The van der Waals surface area contributed by atoms with Gasteiger partial charge in [0.25, 0.3) is 0 Å². The SMILES string of the molecule is N#Cc1c(N)nc(-c2cccc(N3CCCCC3)c2)c(C#N)c1-c1ccc(C(F)(F)F)cc1. The lowest BCUT2D eigenvalue weighted by Gasteiger charge is -2.29. The Labute approximate surface area is 189 Å². The second-order valence-electron chi connectivity index (χ2n) is 7.87. The normalized spacial score (nSPS) is 13.9. The van der Waals surface area contributed by atoms with Gasteiger partial charge in [-0.1, -0.05) is 24.3 Å². The van der Waals surface area contributed by atoms with Crippen molar-refractivity contribution >= 4 is 11.5 Å². The van der Waals surface area contributed by atoms with Crippen molar-refractivity contribution in [3.05, 3.63) is 65.2 Å². The summed E-state index contributed by atoms with van der Waals surface area (Å²) in [5.41, 5.74) is 7.73. The average Bonchev–Trinajstić information content (AvgIpc) is 2.83. The van der Waals surface area contributed by atoms with Crippen LogP contribution in [0, 0.1) is 22.7 Å². The summed E-state index contributed by atoms with van der Waals surface area (Å²) in [4.78, 5) is 6.62. The predicted octanol–water partition coefficient (Wildman–Crippen LogP) is 5.75. The summed E-state index contributed by atoms with van der Waals surface area (Å²) < 4.78 is 39.0. The van der Waals surface area contributed by atoms with Gasteiger partial charge in [-0.2, -0.15) is 23.7 Å². The molecular formula is C25H20F3N5. The molecule has 0 amide bonds. The van der Waals surface area contributed by atoms with Gasteiger partial charge in [-0.05, 0) is 49.1 Å². The van der Waals surface area contributed by atoms with Crippen molar-refractivity contribution in [3.63, 3.8) is 0 Å². The van der Waals surface area contributed by atoms with Crippen LogP contribution in [0.1, 0.15) is 36.0 Å². The molecule has 0 aliphatic carbocycles. The number of nitrogens with two attached hydrogens (primary N) is 1. The fourth-order valence-electron chi connectivity index (χ4n) is 4.15. The Morgan fingerprint density at radius 3 is 2.15 bits per heavy atom. The molecule has 0 bridgehead atoms. The molecule has 0 radical (unpaired) electrons. The zero-order valence-corrected chi connectivity index (χ0v) is 17.7. The van der Waals surface area contributed by atoms with Gasteiger partial charge >= 0.3 is 6.18 Å². The molecule has 4 rings (SSSR count). The average molecular weight is 447 g/mol. The minimum atomic E-state index is -4.49. The fourth-order valence-corrected chi connectivity index (χ4v) is 4.15. The van der Waals surface area contributed by atoms with Crippen LogP contribution in [0.25, 0.3) is 22.4 Å². The summed E-state index contributed by atoms with van der Waals surface area (Å²) >= 11 is 0. The number of nitriles is 2. The molecule has 8 heteroatoms. The Morgan fingerprint density at radius 1 is 0.879 bits per heavy atom.